The van der Waals surface area contributed by atoms with Gasteiger partial charge in [-0.25, -0.2) is 0 Å². The summed E-state index contributed by atoms with van der Waals surface area (Å²) in [6.45, 7) is 7.86. The topological polar surface area (TPSA) is 9.23 Å². The molecule has 0 aliphatic carbocycles. The summed E-state index contributed by atoms with van der Waals surface area (Å²) < 4.78 is 5.44. The third kappa shape index (κ3) is 4.14. The summed E-state index contributed by atoms with van der Waals surface area (Å²) in [5.74, 6) is 0.238. The molecule has 0 fully saturated rings. The number of hydrogen-bond donors (Lipinski definition) is 0. The molecule has 0 bridgehead atoms. The number of rotatable bonds is 8. The fourth-order valence-corrected chi connectivity index (χ4v) is 5.52. The smallest absolute Gasteiger partial charge is 0.0713 e. The van der Waals surface area contributed by atoms with Crippen LogP contribution in [0.25, 0.3) is 0 Å². The van der Waals surface area contributed by atoms with Crippen LogP contribution in [-0.4, -0.2) is 7.11 Å². The van der Waals surface area contributed by atoms with Crippen LogP contribution in [0.4, 0.5) is 0 Å². The second-order valence-corrected chi connectivity index (χ2v) is 9.33. The second-order valence-electron chi connectivity index (χ2n) is 9.33. The molecule has 4 aromatic rings. The molecule has 1 nitrogen and oxygen atoms in total. The average Bonchev–Trinajstić information content (AvgIpc) is 2.89. The van der Waals surface area contributed by atoms with Crippen LogP contribution in [0.1, 0.15) is 54.5 Å². The van der Waals surface area contributed by atoms with Crippen molar-refractivity contribution < 1.29 is 4.74 Å². The lowest BCUT2D eigenvalue weighted by Gasteiger charge is -2.52. The van der Waals surface area contributed by atoms with E-state index < -0.39 is 0 Å². The molecule has 4 rings (SSSR count). The van der Waals surface area contributed by atoms with Crippen molar-refractivity contribution in [2.45, 2.75) is 44.1 Å². The Balaban J connectivity index is 2.00. The lowest BCUT2D eigenvalue weighted by Crippen LogP contribution is -2.49. The van der Waals surface area contributed by atoms with Gasteiger partial charge in [-0.2, -0.15) is 0 Å². The molecular weight excluding hydrogens is 400 g/mol. The summed E-state index contributed by atoms with van der Waals surface area (Å²) in [7, 11) is 1.76. The second kappa shape index (κ2) is 9.77. The summed E-state index contributed by atoms with van der Waals surface area (Å²) in [5.41, 5.74) is 6.01. The predicted octanol–water partition coefficient (Wildman–Crippen LogP) is 7.90. The first-order valence-corrected chi connectivity index (χ1v) is 11.8. The normalized spacial score (nSPS) is 14.4. The number of methoxy groups -OCH3 is 1. The molecule has 0 radical (unpaired) electrons. The molecule has 0 aliphatic rings. The minimum Gasteiger partial charge on any atom is -0.380 e. The van der Waals surface area contributed by atoms with Crippen LogP contribution >= 0.6 is 0 Å². The molecule has 33 heavy (non-hydrogen) atoms. The summed E-state index contributed by atoms with van der Waals surface area (Å²) in [4.78, 5) is 0. The standard InChI is InChI=1S/C32H34O/c1-25(27-16-14-15-26(23-27)24-33-4)31(2,28-17-8-5-9-18-28)32(3,29-19-10-6-11-20-29)30-21-12-7-13-22-30/h5-23,25H,24H2,1-4H3. The summed E-state index contributed by atoms with van der Waals surface area (Å²) in [6.07, 6.45) is 0. The van der Waals surface area contributed by atoms with Gasteiger partial charge in [-0.05, 0) is 33.7 Å². The van der Waals surface area contributed by atoms with Crippen molar-refractivity contribution in [3.05, 3.63) is 143 Å². The van der Waals surface area contributed by atoms with Gasteiger partial charge >= 0.3 is 0 Å². The lowest BCUT2D eigenvalue weighted by atomic mass is 9.50. The fourth-order valence-electron chi connectivity index (χ4n) is 5.52. The highest BCUT2D eigenvalue weighted by Gasteiger charge is 2.51. The maximum Gasteiger partial charge on any atom is 0.0713 e. The molecule has 1 heteroatoms. The van der Waals surface area contributed by atoms with Crippen LogP contribution in [0.5, 0.6) is 0 Å². The molecule has 2 atom stereocenters. The highest BCUT2D eigenvalue weighted by Crippen LogP contribution is 2.55. The molecule has 4 aromatic carbocycles. The molecule has 0 N–H and O–H groups in total. The van der Waals surface area contributed by atoms with E-state index in [4.69, 9.17) is 4.74 Å². The van der Waals surface area contributed by atoms with E-state index in [-0.39, 0.29) is 16.7 Å². The first-order chi connectivity index (χ1) is 16.0. The van der Waals surface area contributed by atoms with E-state index in [2.05, 4.69) is 136 Å². The van der Waals surface area contributed by atoms with Gasteiger partial charge in [0, 0.05) is 17.9 Å². The third-order valence-electron chi connectivity index (χ3n) is 7.74. The maximum atomic E-state index is 5.44. The Morgan fingerprint density at radius 2 is 1.12 bits per heavy atom. The molecule has 0 saturated carbocycles. The van der Waals surface area contributed by atoms with E-state index in [9.17, 15) is 0 Å². The Bertz CT molecular complexity index is 1110. The quantitative estimate of drug-likeness (QED) is 0.274. The van der Waals surface area contributed by atoms with Crippen molar-refractivity contribution in [1.82, 2.24) is 0 Å². The van der Waals surface area contributed by atoms with Gasteiger partial charge in [0.25, 0.3) is 0 Å². The van der Waals surface area contributed by atoms with E-state index in [1.165, 1.54) is 27.8 Å². The Morgan fingerprint density at radius 1 is 0.636 bits per heavy atom. The van der Waals surface area contributed by atoms with E-state index in [0.717, 1.165) is 0 Å². The largest absolute Gasteiger partial charge is 0.380 e. The highest BCUT2D eigenvalue weighted by atomic mass is 16.5. The lowest BCUT2D eigenvalue weighted by molar-refractivity contribution is 0.184. The zero-order chi connectivity index (χ0) is 23.3. The predicted molar refractivity (Wildman–Crippen MR) is 139 cm³/mol. The van der Waals surface area contributed by atoms with Crippen LogP contribution in [0.15, 0.2) is 115 Å². The first-order valence-electron chi connectivity index (χ1n) is 11.8. The van der Waals surface area contributed by atoms with E-state index in [0.29, 0.717) is 6.61 Å². The molecule has 0 amide bonds. The van der Waals surface area contributed by atoms with E-state index >= 15 is 0 Å². The molecular formula is C32H34O. The van der Waals surface area contributed by atoms with Crippen molar-refractivity contribution in [3.8, 4) is 0 Å². The van der Waals surface area contributed by atoms with Gasteiger partial charge in [0.1, 0.15) is 0 Å². The van der Waals surface area contributed by atoms with Gasteiger partial charge in [0.05, 0.1) is 6.61 Å². The molecule has 2 unspecified atom stereocenters. The van der Waals surface area contributed by atoms with Crippen LogP contribution in [0, 0.1) is 0 Å². The van der Waals surface area contributed by atoms with Crippen molar-refractivity contribution in [2.24, 2.45) is 0 Å². The van der Waals surface area contributed by atoms with Gasteiger partial charge in [-0.15, -0.1) is 0 Å². The Hall–Kier alpha value is -3.16. The Kier molecular flexibility index (Phi) is 6.81. The Labute approximate surface area is 199 Å². The van der Waals surface area contributed by atoms with Gasteiger partial charge in [-0.3, -0.25) is 0 Å². The highest BCUT2D eigenvalue weighted by molar-refractivity contribution is 5.50. The molecule has 0 spiro atoms. The average molecular weight is 435 g/mol. The van der Waals surface area contributed by atoms with Crippen LogP contribution < -0.4 is 0 Å². The monoisotopic (exact) mass is 434 g/mol. The molecule has 168 valence electrons. The van der Waals surface area contributed by atoms with Crippen LogP contribution in [-0.2, 0) is 22.2 Å². The number of benzene rings is 4. The molecule has 0 saturated heterocycles. The molecule has 0 heterocycles. The van der Waals surface area contributed by atoms with Gasteiger partial charge in [-0.1, -0.05) is 136 Å². The van der Waals surface area contributed by atoms with Gasteiger partial charge in [0.15, 0.2) is 0 Å². The SMILES string of the molecule is COCc1cccc(C(C)C(C)(c2ccccc2)C(C)(c2ccccc2)c2ccccc2)c1. The molecule has 0 aromatic heterocycles. The fraction of sp³-hybridized carbons (Fsp3) is 0.250. The van der Waals surface area contributed by atoms with Crippen LogP contribution in [0.3, 0.4) is 0 Å². The summed E-state index contributed by atoms with van der Waals surface area (Å²) in [5, 5.41) is 0. The van der Waals surface area contributed by atoms with Crippen LogP contribution in [0.2, 0.25) is 0 Å². The maximum absolute atomic E-state index is 5.44. The summed E-state index contributed by atoms with van der Waals surface area (Å²) >= 11 is 0. The van der Waals surface area contributed by atoms with Crippen molar-refractivity contribution in [2.75, 3.05) is 7.11 Å². The van der Waals surface area contributed by atoms with Crippen molar-refractivity contribution >= 4 is 0 Å². The van der Waals surface area contributed by atoms with E-state index in [1.54, 1.807) is 7.11 Å². The van der Waals surface area contributed by atoms with Crippen molar-refractivity contribution in [1.29, 1.82) is 0 Å². The zero-order valence-electron chi connectivity index (χ0n) is 20.2. The van der Waals surface area contributed by atoms with Gasteiger partial charge < -0.3 is 4.74 Å². The van der Waals surface area contributed by atoms with Gasteiger partial charge in [0.2, 0.25) is 0 Å². The zero-order valence-corrected chi connectivity index (χ0v) is 20.2. The van der Waals surface area contributed by atoms with E-state index in [1.807, 2.05) is 0 Å². The minimum absolute atomic E-state index is 0.233. The number of ether oxygens (including phenoxy) is 1. The minimum atomic E-state index is -0.270. The summed E-state index contributed by atoms with van der Waals surface area (Å²) in [6, 6.07) is 41.9. The third-order valence-corrected chi connectivity index (χ3v) is 7.74. The Morgan fingerprint density at radius 3 is 1.61 bits per heavy atom. The van der Waals surface area contributed by atoms with Crippen molar-refractivity contribution in [3.63, 3.8) is 0 Å². The first kappa shape index (κ1) is 23.0. The molecule has 0 aliphatic heterocycles. The number of hydrogen-bond acceptors (Lipinski definition) is 1.